The van der Waals surface area contributed by atoms with Crippen LogP contribution in [0, 0.1) is 0 Å². The van der Waals surface area contributed by atoms with Gasteiger partial charge in [0.15, 0.2) is 5.13 Å². The highest BCUT2D eigenvalue weighted by Crippen LogP contribution is 2.30. The Balaban J connectivity index is 0.00000300. The summed E-state index contributed by atoms with van der Waals surface area (Å²) in [5.41, 5.74) is 3.26. The van der Waals surface area contributed by atoms with Crippen LogP contribution in [0.2, 0.25) is 0 Å². The van der Waals surface area contributed by atoms with Crippen LogP contribution in [0.25, 0.3) is 16.3 Å². The van der Waals surface area contributed by atoms with Gasteiger partial charge in [-0.3, -0.25) is 9.69 Å². The van der Waals surface area contributed by atoms with Crippen molar-refractivity contribution in [3.8, 4) is 0 Å². The van der Waals surface area contributed by atoms with Crippen LogP contribution in [0.15, 0.2) is 54.6 Å². The number of anilines is 1. The second kappa shape index (κ2) is 11.1. The van der Waals surface area contributed by atoms with Gasteiger partial charge in [-0.2, -0.15) is 0 Å². The Bertz CT molecular complexity index is 953. The first kappa shape index (κ1) is 23.1. The molecule has 1 amide bonds. The molecule has 1 heterocycles. The number of rotatable bonds is 8. The zero-order valence-corrected chi connectivity index (χ0v) is 18.8. The number of hydrogen-bond acceptors (Lipinski definition) is 4. The number of halogens is 1. The molecule has 0 aliphatic rings. The van der Waals surface area contributed by atoms with Crippen molar-refractivity contribution >= 4 is 51.1 Å². The van der Waals surface area contributed by atoms with Crippen LogP contribution < -0.4 is 4.90 Å². The van der Waals surface area contributed by atoms with E-state index in [-0.39, 0.29) is 18.3 Å². The molecule has 0 aliphatic heterocycles. The molecular formula is C23H28ClN3OS. The molecule has 0 N–H and O–H groups in total. The molecule has 0 unspecified atom stereocenters. The molecule has 3 rings (SSSR count). The minimum Gasteiger partial charge on any atom is -0.309 e. The van der Waals surface area contributed by atoms with Crippen molar-refractivity contribution in [1.82, 2.24) is 9.88 Å². The normalized spacial score (nSPS) is 11.2. The molecule has 154 valence electrons. The highest BCUT2D eigenvalue weighted by atomic mass is 35.5. The monoisotopic (exact) mass is 429 g/mol. The third kappa shape index (κ3) is 6.39. The Kier molecular flexibility index (Phi) is 8.83. The number of carbonyl (C=O) groups excluding carboxylic acids is 1. The molecular weight excluding hydrogens is 402 g/mol. The zero-order chi connectivity index (χ0) is 19.9. The number of hydrogen-bond donors (Lipinski definition) is 0. The van der Waals surface area contributed by atoms with Gasteiger partial charge in [0.25, 0.3) is 5.91 Å². The summed E-state index contributed by atoms with van der Waals surface area (Å²) in [7, 11) is 4.09. The van der Waals surface area contributed by atoms with Crippen LogP contribution in [0.3, 0.4) is 0 Å². The summed E-state index contributed by atoms with van der Waals surface area (Å²) in [6, 6.07) is 16.2. The maximum Gasteiger partial charge on any atom is 0.252 e. The van der Waals surface area contributed by atoms with E-state index in [0.717, 1.165) is 40.3 Å². The molecule has 0 atom stereocenters. The van der Waals surface area contributed by atoms with E-state index in [9.17, 15) is 4.79 Å². The minimum absolute atomic E-state index is 0. The fourth-order valence-electron chi connectivity index (χ4n) is 2.96. The minimum atomic E-state index is -0.0302. The van der Waals surface area contributed by atoms with E-state index >= 15 is 0 Å². The number of aromatic nitrogens is 1. The van der Waals surface area contributed by atoms with Crippen molar-refractivity contribution in [3.63, 3.8) is 0 Å². The Morgan fingerprint density at radius 1 is 1.10 bits per heavy atom. The topological polar surface area (TPSA) is 36.4 Å². The van der Waals surface area contributed by atoms with E-state index in [0.29, 0.717) is 6.54 Å². The molecule has 4 nitrogen and oxygen atoms in total. The second-order valence-electron chi connectivity index (χ2n) is 7.04. The number of carbonyl (C=O) groups is 1. The van der Waals surface area contributed by atoms with Crippen molar-refractivity contribution in [2.75, 3.05) is 32.1 Å². The molecule has 0 bridgehead atoms. The summed E-state index contributed by atoms with van der Waals surface area (Å²) in [5, 5.41) is 0.768. The third-order valence-electron chi connectivity index (χ3n) is 4.55. The Labute approximate surface area is 183 Å². The molecule has 3 aromatic rings. The lowest BCUT2D eigenvalue weighted by Gasteiger charge is -2.19. The van der Waals surface area contributed by atoms with Crippen LogP contribution in [0.5, 0.6) is 0 Å². The van der Waals surface area contributed by atoms with Gasteiger partial charge in [-0.15, -0.1) is 12.4 Å². The molecule has 0 spiro atoms. The number of benzene rings is 2. The molecule has 2 aromatic carbocycles. The molecule has 0 aliphatic carbocycles. The van der Waals surface area contributed by atoms with Crippen LogP contribution in [0.4, 0.5) is 5.13 Å². The van der Waals surface area contributed by atoms with Crippen molar-refractivity contribution in [2.24, 2.45) is 0 Å². The van der Waals surface area contributed by atoms with E-state index in [1.54, 1.807) is 22.3 Å². The van der Waals surface area contributed by atoms with Crippen LogP contribution >= 0.6 is 23.7 Å². The average molecular weight is 430 g/mol. The molecule has 0 saturated heterocycles. The van der Waals surface area contributed by atoms with E-state index in [1.807, 2.05) is 50.5 Å². The van der Waals surface area contributed by atoms with E-state index in [2.05, 4.69) is 30.0 Å². The van der Waals surface area contributed by atoms with Crippen LogP contribution in [-0.2, 0) is 11.2 Å². The fraction of sp³-hybridized carbons (Fsp3) is 0.304. The van der Waals surface area contributed by atoms with Crippen molar-refractivity contribution in [2.45, 2.75) is 19.8 Å². The first-order chi connectivity index (χ1) is 13.6. The Morgan fingerprint density at radius 3 is 2.55 bits per heavy atom. The summed E-state index contributed by atoms with van der Waals surface area (Å²) in [6.07, 6.45) is 5.40. The number of aryl methyl sites for hydroxylation is 1. The van der Waals surface area contributed by atoms with Crippen molar-refractivity contribution in [3.05, 3.63) is 65.7 Å². The van der Waals surface area contributed by atoms with Gasteiger partial charge >= 0.3 is 0 Å². The number of amides is 1. The lowest BCUT2D eigenvalue weighted by molar-refractivity contribution is -0.114. The predicted octanol–water partition coefficient (Wildman–Crippen LogP) is 5.28. The van der Waals surface area contributed by atoms with Gasteiger partial charge in [-0.25, -0.2) is 4.98 Å². The van der Waals surface area contributed by atoms with Gasteiger partial charge in [-0.05, 0) is 62.8 Å². The van der Waals surface area contributed by atoms with Crippen molar-refractivity contribution in [1.29, 1.82) is 0 Å². The Morgan fingerprint density at radius 2 is 1.86 bits per heavy atom. The number of thiazole rings is 1. The molecule has 1 aromatic heterocycles. The molecule has 6 heteroatoms. The van der Waals surface area contributed by atoms with Gasteiger partial charge in [0.05, 0.1) is 10.2 Å². The summed E-state index contributed by atoms with van der Waals surface area (Å²) >= 11 is 1.59. The summed E-state index contributed by atoms with van der Waals surface area (Å²) < 4.78 is 1.13. The highest BCUT2D eigenvalue weighted by Gasteiger charge is 2.18. The lowest BCUT2D eigenvalue weighted by atomic mass is 10.2. The van der Waals surface area contributed by atoms with Crippen LogP contribution in [-0.4, -0.2) is 43.0 Å². The maximum atomic E-state index is 13.0. The SMILES string of the molecule is CCc1ccc2nc(N(CCCN(C)C)C(=O)C=Cc3ccccc3)sc2c1.Cl. The smallest absolute Gasteiger partial charge is 0.252 e. The largest absolute Gasteiger partial charge is 0.309 e. The fourth-order valence-corrected chi connectivity index (χ4v) is 4.02. The summed E-state index contributed by atoms with van der Waals surface area (Å²) in [6.45, 7) is 3.72. The standard InChI is InChI=1S/C23H27N3OS.ClH/c1-4-18-11-13-20-21(17-18)28-23(24-20)26(16-8-15-25(2)3)22(27)14-12-19-9-6-5-7-10-19;/h5-7,9-14,17H,4,8,15-16H2,1-3H3;1H. The summed E-state index contributed by atoms with van der Waals surface area (Å²) in [5.74, 6) is -0.0302. The van der Waals surface area contributed by atoms with Gasteiger partial charge in [-0.1, -0.05) is 54.7 Å². The lowest BCUT2D eigenvalue weighted by Crippen LogP contribution is -2.32. The van der Waals surface area contributed by atoms with Crippen LogP contribution in [0.1, 0.15) is 24.5 Å². The molecule has 0 fully saturated rings. The van der Waals surface area contributed by atoms with Gasteiger partial charge in [0.2, 0.25) is 0 Å². The Hall–Kier alpha value is -2.21. The maximum absolute atomic E-state index is 13.0. The van der Waals surface area contributed by atoms with Gasteiger partial charge < -0.3 is 4.90 Å². The molecule has 0 radical (unpaired) electrons. The third-order valence-corrected chi connectivity index (χ3v) is 5.59. The van der Waals surface area contributed by atoms with Crippen molar-refractivity contribution < 1.29 is 4.79 Å². The first-order valence-electron chi connectivity index (χ1n) is 9.65. The zero-order valence-electron chi connectivity index (χ0n) is 17.2. The van der Waals surface area contributed by atoms with E-state index < -0.39 is 0 Å². The van der Waals surface area contributed by atoms with E-state index in [4.69, 9.17) is 4.98 Å². The second-order valence-corrected chi connectivity index (χ2v) is 8.05. The van der Waals surface area contributed by atoms with E-state index in [1.165, 1.54) is 5.56 Å². The van der Waals surface area contributed by atoms with Gasteiger partial charge in [0, 0.05) is 12.6 Å². The average Bonchev–Trinajstić information content (AvgIpc) is 3.12. The quantitative estimate of drug-likeness (QED) is 0.457. The molecule has 29 heavy (non-hydrogen) atoms. The number of nitrogens with zero attached hydrogens (tertiary/aromatic N) is 3. The first-order valence-corrected chi connectivity index (χ1v) is 10.5. The predicted molar refractivity (Wildman–Crippen MR) is 127 cm³/mol. The summed E-state index contributed by atoms with van der Waals surface area (Å²) in [4.78, 5) is 21.7. The number of fused-ring (bicyclic) bond motifs is 1. The highest BCUT2D eigenvalue weighted by molar-refractivity contribution is 7.22. The van der Waals surface area contributed by atoms with Gasteiger partial charge in [0.1, 0.15) is 0 Å². The molecule has 0 saturated carbocycles.